The first-order valence-electron chi connectivity index (χ1n) is 7.02. The van der Waals surface area contributed by atoms with Crippen LogP contribution < -0.4 is 0 Å². The van der Waals surface area contributed by atoms with Crippen molar-refractivity contribution >= 4 is 5.97 Å². The van der Waals surface area contributed by atoms with E-state index >= 15 is 0 Å². The van der Waals surface area contributed by atoms with Crippen LogP contribution in [0.4, 0.5) is 0 Å². The monoisotopic (exact) mass is 293 g/mol. The smallest absolute Gasteiger partial charge is 0.358 e. The van der Waals surface area contributed by atoms with E-state index in [2.05, 4.69) is 9.97 Å². The second-order valence-electron chi connectivity index (χ2n) is 4.61. The number of carbonyl (C=O) groups excluding carboxylic acids is 1. The van der Waals surface area contributed by atoms with Gasteiger partial charge in [-0.3, -0.25) is 9.55 Å². The van der Waals surface area contributed by atoms with E-state index in [1.165, 1.54) is 0 Å². The van der Waals surface area contributed by atoms with Crippen LogP contribution in [0, 0.1) is 0 Å². The molecule has 3 aromatic rings. The predicted octanol–water partition coefficient (Wildman–Crippen LogP) is 3.11. The van der Waals surface area contributed by atoms with Crippen LogP contribution in [-0.4, -0.2) is 27.1 Å². The van der Waals surface area contributed by atoms with Gasteiger partial charge in [0.05, 0.1) is 12.3 Å². The summed E-state index contributed by atoms with van der Waals surface area (Å²) in [6, 6.07) is 13.4. The Kier molecular flexibility index (Phi) is 3.96. The van der Waals surface area contributed by atoms with Gasteiger partial charge in [-0.05, 0) is 19.1 Å². The van der Waals surface area contributed by atoms with E-state index in [1.54, 1.807) is 25.5 Å². The van der Waals surface area contributed by atoms with Gasteiger partial charge in [-0.1, -0.05) is 30.3 Å². The van der Waals surface area contributed by atoms with Gasteiger partial charge in [-0.25, -0.2) is 9.78 Å². The molecule has 0 radical (unpaired) electrons. The molecule has 0 saturated carbocycles. The SMILES string of the molecule is CCOC(=O)c1cn(-c2ccncc2)c(-c2ccccc2)n1. The van der Waals surface area contributed by atoms with E-state index in [0.717, 1.165) is 11.3 Å². The summed E-state index contributed by atoms with van der Waals surface area (Å²) in [6.45, 7) is 2.09. The number of esters is 1. The van der Waals surface area contributed by atoms with E-state index in [4.69, 9.17) is 4.74 Å². The van der Waals surface area contributed by atoms with E-state index in [9.17, 15) is 4.79 Å². The Morgan fingerprint density at radius 2 is 1.86 bits per heavy atom. The molecule has 2 aromatic heterocycles. The quantitative estimate of drug-likeness (QED) is 0.694. The number of rotatable bonds is 4. The molecule has 0 saturated heterocycles. The fourth-order valence-corrected chi connectivity index (χ4v) is 2.18. The highest BCUT2D eigenvalue weighted by Crippen LogP contribution is 2.23. The van der Waals surface area contributed by atoms with Gasteiger partial charge in [0.15, 0.2) is 5.69 Å². The van der Waals surface area contributed by atoms with Gasteiger partial charge in [0.1, 0.15) is 5.82 Å². The van der Waals surface area contributed by atoms with Gasteiger partial charge in [-0.15, -0.1) is 0 Å². The number of benzene rings is 1. The summed E-state index contributed by atoms with van der Waals surface area (Å²) in [6.07, 6.45) is 5.10. The van der Waals surface area contributed by atoms with Crippen molar-refractivity contribution in [3.05, 3.63) is 66.7 Å². The van der Waals surface area contributed by atoms with Crippen LogP contribution in [0.5, 0.6) is 0 Å². The van der Waals surface area contributed by atoms with E-state index in [-0.39, 0.29) is 5.69 Å². The lowest BCUT2D eigenvalue weighted by molar-refractivity contribution is 0.0520. The number of carbonyl (C=O) groups is 1. The molecule has 0 spiro atoms. The zero-order valence-corrected chi connectivity index (χ0v) is 12.1. The van der Waals surface area contributed by atoms with Crippen molar-refractivity contribution < 1.29 is 9.53 Å². The van der Waals surface area contributed by atoms with Crippen LogP contribution in [0.2, 0.25) is 0 Å². The lowest BCUT2D eigenvalue weighted by Crippen LogP contribution is -2.04. The summed E-state index contributed by atoms with van der Waals surface area (Å²) in [4.78, 5) is 20.4. The maximum absolute atomic E-state index is 12.0. The first kappa shape index (κ1) is 14.0. The standard InChI is InChI=1S/C17H15N3O2/c1-2-22-17(21)15-12-20(14-8-10-18-11-9-14)16(19-15)13-6-4-3-5-7-13/h3-12H,2H2,1H3. The summed E-state index contributed by atoms with van der Waals surface area (Å²) >= 11 is 0. The third-order valence-corrected chi connectivity index (χ3v) is 3.16. The summed E-state index contributed by atoms with van der Waals surface area (Å²) in [5.41, 5.74) is 2.10. The first-order valence-corrected chi connectivity index (χ1v) is 7.02. The largest absolute Gasteiger partial charge is 0.461 e. The molecule has 2 heterocycles. The molecule has 0 amide bonds. The summed E-state index contributed by atoms with van der Waals surface area (Å²) in [5, 5.41) is 0. The summed E-state index contributed by atoms with van der Waals surface area (Å²) < 4.78 is 6.91. The first-order chi connectivity index (χ1) is 10.8. The Bertz CT molecular complexity index is 710. The fraction of sp³-hybridized carbons (Fsp3) is 0.118. The van der Waals surface area contributed by atoms with E-state index in [0.29, 0.717) is 12.4 Å². The molecule has 22 heavy (non-hydrogen) atoms. The third-order valence-electron chi connectivity index (χ3n) is 3.16. The molecule has 1 aromatic carbocycles. The molecule has 110 valence electrons. The van der Waals surface area contributed by atoms with Crippen LogP contribution in [0.1, 0.15) is 17.4 Å². The predicted molar refractivity (Wildman–Crippen MR) is 82.8 cm³/mol. The van der Waals surface area contributed by atoms with Gasteiger partial charge >= 0.3 is 5.97 Å². The Labute approximate surface area is 128 Å². The molecule has 0 aliphatic rings. The Morgan fingerprint density at radius 1 is 1.14 bits per heavy atom. The van der Waals surface area contributed by atoms with Crippen LogP contribution in [-0.2, 0) is 4.74 Å². The van der Waals surface area contributed by atoms with Gasteiger partial charge in [0.2, 0.25) is 0 Å². The number of aromatic nitrogens is 3. The summed E-state index contributed by atoms with van der Waals surface area (Å²) in [7, 11) is 0. The van der Waals surface area contributed by atoms with Crippen LogP contribution in [0.15, 0.2) is 61.1 Å². The maximum Gasteiger partial charge on any atom is 0.358 e. The molecule has 5 nitrogen and oxygen atoms in total. The van der Waals surface area contributed by atoms with Gasteiger partial charge in [0.25, 0.3) is 0 Å². The van der Waals surface area contributed by atoms with Crippen molar-refractivity contribution in [1.82, 2.24) is 14.5 Å². The number of hydrogen-bond acceptors (Lipinski definition) is 4. The third kappa shape index (κ3) is 2.74. The minimum Gasteiger partial charge on any atom is -0.461 e. The highest BCUT2D eigenvalue weighted by molar-refractivity contribution is 5.88. The van der Waals surface area contributed by atoms with Crippen molar-refractivity contribution in [1.29, 1.82) is 0 Å². The van der Waals surface area contributed by atoms with Crippen molar-refractivity contribution in [2.75, 3.05) is 6.61 Å². The zero-order valence-electron chi connectivity index (χ0n) is 12.1. The Balaban J connectivity index is 2.12. The number of nitrogens with zero attached hydrogens (tertiary/aromatic N) is 3. The van der Waals surface area contributed by atoms with Crippen molar-refractivity contribution in [2.45, 2.75) is 6.92 Å². The van der Waals surface area contributed by atoms with Crippen molar-refractivity contribution in [3.63, 3.8) is 0 Å². The normalized spacial score (nSPS) is 10.4. The highest BCUT2D eigenvalue weighted by atomic mass is 16.5. The number of ether oxygens (including phenoxy) is 1. The molecule has 0 bridgehead atoms. The number of pyridine rings is 1. The van der Waals surface area contributed by atoms with E-state index in [1.807, 2.05) is 47.0 Å². The molecule has 0 N–H and O–H groups in total. The van der Waals surface area contributed by atoms with Gasteiger partial charge in [0, 0.05) is 24.2 Å². The molecule has 0 fully saturated rings. The lowest BCUT2D eigenvalue weighted by Gasteiger charge is -2.06. The van der Waals surface area contributed by atoms with Crippen molar-refractivity contribution in [2.24, 2.45) is 0 Å². The topological polar surface area (TPSA) is 57.0 Å². The number of hydrogen-bond donors (Lipinski definition) is 0. The second-order valence-corrected chi connectivity index (χ2v) is 4.61. The molecule has 5 heteroatoms. The highest BCUT2D eigenvalue weighted by Gasteiger charge is 2.17. The maximum atomic E-state index is 12.0. The second kappa shape index (κ2) is 6.22. The minimum absolute atomic E-state index is 0.289. The summed E-state index contributed by atoms with van der Waals surface area (Å²) in [5.74, 6) is 0.266. The van der Waals surface area contributed by atoms with Crippen LogP contribution >= 0.6 is 0 Å². The van der Waals surface area contributed by atoms with E-state index < -0.39 is 5.97 Å². The molecule has 0 atom stereocenters. The molecule has 3 rings (SSSR count). The minimum atomic E-state index is -0.424. The zero-order chi connectivity index (χ0) is 15.4. The molecule has 0 aliphatic carbocycles. The average Bonchev–Trinajstić information content (AvgIpc) is 3.02. The Morgan fingerprint density at radius 3 is 2.55 bits per heavy atom. The number of imidazole rings is 1. The van der Waals surface area contributed by atoms with Crippen LogP contribution in [0.3, 0.4) is 0 Å². The average molecular weight is 293 g/mol. The molecule has 0 unspecified atom stereocenters. The van der Waals surface area contributed by atoms with Crippen LogP contribution in [0.25, 0.3) is 17.1 Å². The van der Waals surface area contributed by atoms with Crippen molar-refractivity contribution in [3.8, 4) is 17.1 Å². The fourth-order valence-electron chi connectivity index (χ4n) is 2.18. The molecular formula is C17H15N3O2. The Hall–Kier alpha value is -2.95. The van der Waals surface area contributed by atoms with Gasteiger partial charge < -0.3 is 4.74 Å². The molecule has 0 aliphatic heterocycles. The van der Waals surface area contributed by atoms with Gasteiger partial charge in [-0.2, -0.15) is 0 Å². The lowest BCUT2D eigenvalue weighted by atomic mass is 10.2. The molecular weight excluding hydrogens is 278 g/mol.